The van der Waals surface area contributed by atoms with E-state index in [0.29, 0.717) is 0 Å². The van der Waals surface area contributed by atoms with Crippen LogP contribution in [0.2, 0.25) is 103 Å². The molecule has 0 aliphatic heterocycles. The molecule has 0 radical (unpaired) electrons. The Kier molecular flexibility index (Phi) is 15.8. The summed E-state index contributed by atoms with van der Waals surface area (Å²) in [4.78, 5) is 0. The third-order valence-electron chi connectivity index (χ3n) is 2.72. The molecule has 0 aromatic heterocycles. The van der Waals surface area contributed by atoms with Crippen LogP contribution in [-0.2, 0) is 21.1 Å². The van der Waals surface area contributed by atoms with Crippen LogP contribution in [0.3, 0.4) is 0 Å². The van der Waals surface area contributed by atoms with Crippen LogP contribution in [0.15, 0.2) is 0 Å². The Morgan fingerprint density at radius 2 is 0.480 bits per heavy atom. The normalized spacial score (nSPS) is 11.7. The summed E-state index contributed by atoms with van der Waals surface area (Å²) >= 11 is 0. The van der Waals surface area contributed by atoms with Crippen LogP contribution < -0.4 is 0 Å². The maximum Gasteiger partial charge on any atom is 0.0573 e. The monoisotopic (exact) mass is 591 g/mol. The van der Waals surface area contributed by atoms with Crippen molar-refractivity contribution in [1.29, 1.82) is 0 Å². The minimum absolute atomic E-state index is 0. The number of hydrogen-bond acceptors (Lipinski definition) is 0. The van der Waals surface area contributed by atoms with Gasteiger partial charge in [-0.2, -0.15) is 0 Å². The van der Waals surface area contributed by atoms with Crippen LogP contribution in [-0.4, -0.2) is 32.3 Å². The fraction of sp³-hybridized carbons (Fsp3) is 0.800. The molecule has 0 unspecified atom stereocenters. The van der Waals surface area contributed by atoms with Gasteiger partial charge in [0.15, 0.2) is 0 Å². The Morgan fingerprint density at radius 3 is 0.560 bits per heavy atom. The predicted molar refractivity (Wildman–Crippen MR) is 128 cm³/mol. The second kappa shape index (κ2) is 13.0. The quantitative estimate of drug-likeness (QED) is 0.237. The Hall–Kier alpha value is 0.676. The molecule has 0 spiro atoms. The maximum atomic E-state index is 3.33. The van der Waals surface area contributed by atoms with Crippen molar-refractivity contribution in [3.63, 3.8) is 0 Å². The van der Waals surface area contributed by atoms with Crippen LogP contribution in [0.5, 0.6) is 0 Å². The molecule has 0 aromatic carbocycles. The maximum absolute atomic E-state index is 3.33. The summed E-state index contributed by atoms with van der Waals surface area (Å²) in [5.41, 5.74) is 0. The minimum atomic E-state index is -0.912. The second-order valence-electron chi connectivity index (χ2n) is 11.7. The summed E-state index contributed by atoms with van der Waals surface area (Å²) in [5.74, 6) is 13.3. The van der Waals surface area contributed by atoms with E-state index in [-0.39, 0.29) is 21.1 Å². The van der Waals surface area contributed by atoms with Gasteiger partial charge in [-0.1, -0.05) is 78.6 Å². The standard InChI is InChI=1S/2C10H22Si2.Pt/c2*1-11(2,3)9-7-8-10-12(4,5)6;/h2*9-10H2,1-6H3;. The molecule has 0 saturated carbocycles. The van der Waals surface area contributed by atoms with Crippen LogP contribution in [0.1, 0.15) is 0 Å². The summed E-state index contributed by atoms with van der Waals surface area (Å²) in [6.07, 6.45) is 0. The molecule has 0 saturated heterocycles. The average Bonchev–Trinajstić information content (AvgIpc) is 2.27. The first-order chi connectivity index (χ1) is 10.4. The first-order valence-corrected chi connectivity index (χ1v) is 24.2. The molecule has 0 bridgehead atoms. The third kappa shape index (κ3) is 36.4. The van der Waals surface area contributed by atoms with Crippen molar-refractivity contribution in [3.8, 4) is 23.7 Å². The van der Waals surface area contributed by atoms with Gasteiger partial charge in [-0.15, -0.1) is 23.7 Å². The van der Waals surface area contributed by atoms with Gasteiger partial charge >= 0.3 is 0 Å². The van der Waals surface area contributed by atoms with E-state index in [1.54, 1.807) is 0 Å². The van der Waals surface area contributed by atoms with E-state index in [1.165, 1.54) is 0 Å². The molecule has 5 heteroatoms. The smallest absolute Gasteiger partial charge is 0.0573 e. The summed E-state index contributed by atoms with van der Waals surface area (Å²) < 4.78 is 0. The molecule has 0 N–H and O–H groups in total. The van der Waals surface area contributed by atoms with Crippen molar-refractivity contribution in [2.24, 2.45) is 0 Å². The van der Waals surface area contributed by atoms with Gasteiger partial charge in [0.2, 0.25) is 0 Å². The third-order valence-corrected chi connectivity index (χ3v) is 7.67. The molecule has 0 aliphatic carbocycles. The van der Waals surface area contributed by atoms with Crippen molar-refractivity contribution < 1.29 is 21.1 Å². The van der Waals surface area contributed by atoms with Crippen LogP contribution in [0.4, 0.5) is 0 Å². The zero-order chi connectivity index (χ0) is 19.7. The van der Waals surface area contributed by atoms with E-state index >= 15 is 0 Å². The molecular formula is C20H44PtSi4. The summed E-state index contributed by atoms with van der Waals surface area (Å²) in [7, 11) is -3.65. The Labute approximate surface area is 179 Å². The zero-order valence-corrected chi connectivity index (χ0v) is 25.4. The molecule has 0 nitrogen and oxygen atoms in total. The van der Waals surface area contributed by atoms with Crippen LogP contribution in [0.25, 0.3) is 0 Å². The van der Waals surface area contributed by atoms with E-state index in [0.717, 1.165) is 24.2 Å². The van der Waals surface area contributed by atoms with Gasteiger partial charge in [0, 0.05) is 45.2 Å². The first-order valence-electron chi connectivity index (χ1n) is 9.33. The van der Waals surface area contributed by atoms with Crippen molar-refractivity contribution in [2.45, 2.75) is 103 Å². The average molecular weight is 592 g/mol. The fourth-order valence-corrected chi connectivity index (χ4v) is 3.93. The van der Waals surface area contributed by atoms with E-state index in [9.17, 15) is 0 Å². The zero-order valence-electron chi connectivity index (χ0n) is 19.1. The molecule has 0 atom stereocenters. The topological polar surface area (TPSA) is 0 Å². The number of hydrogen-bond donors (Lipinski definition) is 0. The molecule has 0 aliphatic rings. The summed E-state index contributed by atoms with van der Waals surface area (Å²) in [6.45, 7) is 28.5. The molecule has 0 heterocycles. The number of rotatable bonds is 4. The van der Waals surface area contributed by atoms with Crippen LogP contribution >= 0.6 is 0 Å². The second-order valence-corrected chi connectivity index (χ2v) is 33.6. The van der Waals surface area contributed by atoms with Crippen LogP contribution in [0, 0.1) is 23.7 Å². The minimum Gasteiger partial charge on any atom is -0.107 e. The van der Waals surface area contributed by atoms with Crippen molar-refractivity contribution in [1.82, 2.24) is 0 Å². The van der Waals surface area contributed by atoms with Gasteiger partial charge in [-0.05, 0) is 0 Å². The van der Waals surface area contributed by atoms with Gasteiger partial charge in [0.1, 0.15) is 0 Å². The Balaban J connectivity index is -0.000000372. The van der Waals surface area contributed by atoms with Gasteiger partial charge < -0.3 is 0 Å². The van der Waals surface area contributed by atoms with E-state index in [1.807, 2.05) is 0 Å². The van der Waals surface area contributed by atoms with Gasteiger partial charge in [0.05, 0.1) is 32.3 Å². The van der Waals surface area contributed by atoms with Gasteiger partial charge in [-0.3, -0.25) is 0 Å². The van der Waals surface area contributed by atoms with Crippen molar-refractivity contribution >= 4 is 32.3 Å². The van der Waals surface area contributed by atoms with Gasteiger partial charge in [0.25, 0.3) is 0 Å². The molecule has 0 amide bonds. The first kappa shape index (κ1) is 30.4. The molecule has 150 valence electrons. The van der Waals surface area contributed by atoms with Crippen molar-refractivity contribution in [3.05, 3.63) is 0 Å². The Morgan fingerprint density at radius 1 is 0.360 bits per heavy atom. The molecule has 25 heavy (non-hydrogen) atoms. The molecular weight excluding hydrogens is 548 g/mol. The SMILES string of the molecule is C[Si](C)(C)CC#CC[Si](C)(C)C.C[Si](C)(C)CC#CC[Si](C)(C)C.[Pt]. The Bertz CT molecular complexity index is 377. The molecule has 0 rings (SSSR count). The summed E-state index contributed by atoms with van der Waals surface area (Å²) in [5, 5.41) is 0. The molecule has 0 fully saturated rings. The van der Waals surface area contributed by atoms with E-state index in [4.69, 9.17) is 0 Å². The van der Waals surface area contributed by atoms with Gasteiger partial charge in [-0.25, -0.2) is 0 Å². The molecule has 0 aromatic rings. The predicted octanol–water partition coefficient (Wildman–Crippen LogP) is 7.33. The van der Waals surface area contributed by atoms with E-state index in [2.05, 4.69) is 102 Å². The fourth-order valence-electron chi connectivity index (χ4n) is 1.31. The summed E-state index contributed by atoms with van der Waals surface area (Å²) in [6, 6.07) is 4.66. The van der Waals surface area contributed by atoms with Crippen molar-refractivity contribution in [2.75, 3.05) is 0 Å². The largest absolute Gasteiger partial charge is 0.107 e. The van der Waals surface area contributed by atoms with E-state index < -0.39 is 32.3 Å².